The highest BCUT2D eigenvalue weighted by Gasteiger charge is 2.48. The summed E-state index contributed by atoms with van der Waals surface area (Å²) in [6.07, 6.45) is 0.346. The molecule has 1 fully saturated rings. The number of likely N-dealkylation sites (N-methyl/N-ethyl adjacent to an activating group) is 1. The van der Waals surface area contributed by atoms with Crippen LogP contribution in [0.4, 0.5) is 0 Å². The second-order valence-corrected chi connectivity index (χ2v) is 5.47. The summed E-state index contributed by atoms with van der Waals surface area (Å²) < 4.78 is 0. The molecular formula is C11H22N2O2. The van der Waals surface area contributed by atoms with Crippen LogP contribution in [0.5, 0.6) is 0 Å². The molecule has 0 saturated heterocycles. The molecule has 0 aliphatic heterocycles. The summed E-state index contributed by atoms with van der Waals surface area (Å²) >= 11 is 0. The predicted octanol–water partition coefficient (Wildman–Crippen LogP) is 0.260. The fourth-order valence-electron chi connectivity index (χ4n) is 1.60. The molecule has 2 atom stereocenters. The average molecular weight is 214 g/mol. The van der Waals surface area contributed by atoms with Crippen molar-refractivity contribution in [3.63, 3.8) is 0 Å². The van der Waals surface area contributed by atoms with Crippen molar-refractivity contribution in [1.82, 2.24) is 10.6 Å². The molecule has 15 heavy (non-hydrogen) atoms. The molecule has 88 valence electrons. The van der Waals surface area contributed by atoms with Crippen molar-refractivity contribution in [2.24, 2.45) is 5.41 Å². The van der Waals surface area contributed by atoms with Crippen molar-refractivity contribution >= 4 is 5.91 Å². The number of rotatable bonds is 3. The number of hydrogen-bond acceptors (Lipinski definition) is 3. The van der Waals surface area contributed by atoms with Gasteiger partial charge >= 0.3 is 0 Å². The Kier molecular flexibility index (Phi) is 3.12. The monoisotopic (exact) mass is 214 g/mol. The smallest absolute Gasteiger partial charge is 0.239 e. The van der Waals surface area contributed by atoms with Gasteiger partial charge in [-0.2, -0.15) is 0 Å². The predicted molar refractivity (Wildman–Crippen MR) is 59.5 cm³/mol. The highest BCUT2D eigenvalue weighted by atomic mass is 16.3. The molecular weight excluding hydrogens is 192 g/mol. The molecule has 0 bridgehead atoms. The maximum Gasteiger partial charge on any atom is 0.239 e. The zero-order valence-electron chi connectivity index (χ0n) is 10.2. The first-order chi connectivity index (χ1) is 6.71. The van der Waals surface area contributed by atoms with E-state index < -0.39 is 5.54 Å². The van der Waals surface area contributed by atoms with Crippen LogP contribution in [0, 0.1) is 5.41 Å². The highest BCUT2D eigenvalue weighted by molar-refractivity contribution is 5.85. The van der Waals surface area contributed by atoms with Crippen molar-refractivity contribution in [2.45, 2.75) is 51.8 Å². The molecule has 1 saturated carbocycles. The number of nitrogens with one attached hydrogen (secondary N) is 2. The van der Waals surface area contributed by atoms with Gasteiger partial charge in [0.05, 0.1) is 11.6 Å². The van der Waals surface area contributed by atoms with Gasteiger partial charge in [-0.05, 0) is 27.3 Å². The van der Waals surface area contributed by atoms with E-state index in [1.54, 1.807) is 7.05 Å². The molecule has 0 radical (unpaired) electrons. The highest BCUT2D eigenvalue weighted by Crippen LogP contribution is 2.40. The first-order valence-electron chi connectivity index (χ1n) is 5.39. The van der Waals surface area contributed by atoms with E-state index >= 15 is 0 Å². The summed E-state index contributed by atoms with van der Waals surface area (Å²) in [5.41, 5.74) is -0.768. The molecule has 3 N–H and O–H groups in total. The van der Waals surface area contributed by atoms with E-state index in [1.165, 1.54) is 0 Å². The van der Waals surface area contributed by atoms with Gasteiger partial charge in [0.1, 0.15) is 0 Å². The molecule has 1 aliphatic rings. The van der Waals surface area contributed by atoms with Crippen LogP contribution in [0.3, 0.4) is 0 Å². The molecule has 0 spiro atoms. The van der Waals surface area contributed by atoms with Crippen LogP contribution in [-0.2, 0) is 4.79 Å². The van der Waals surface area contributed by atoms with Crippen LogP contribution >= 0.6 is 0 Å². The van der Waals surface area contributed by atoms with Gasteiger partial charge < -0.3 is 15.7 Å². The van der Waals surface area contributed by atoms with Gasteiger partial charge in [-0.1, -0.05) is 13.8 Å². The SMILES string of the molecule is CNC(C)(C)C(=O)NC1CC(O)C1(C)C. The second-order valence-electron chi connectivity index (χ2n) is 5.47. The Morgan fingerprint density at radius 2 is 2.00 bits per heavy atom. The molecule has 0 aromatic heterocycles. The molecule has 1 aliphatic carbocycles. The van der Waals surface area contributed by atoms with E-state index in [0.717, 1.165) is 0 Å². The quantitative estimate of drug-likeness (QED) is 0.631. The van der Waals surface area contributed by atoms with Crippen LogP contribution in [0.2, 0.25) is 0 Å². The van der Waals surface area contributed by atoms with Gasteiger partial charge in [0, 0.05) is 11.5 Å². The van der Waals surface area contributed by atoms with E-state index in [0.29, 0.717) is 6.42 Å². The van der Waals surface area contributed by atoms with Crippen LogP contribution in [0.15, 0.2) is 0 Å². The third-order valence-electron chi connectivity index (χ3n) is 3.71. The normalized spacial score (nSPS) is 29.5. The zero-order chi connectivity index (χ0) is 11.9. The molecule has 1 amide bonds. The summed E-state index contributed by atoms with van der Waals surface area (Å²) in [6.45, 7) is 7.62. The molecule has 1 rings (SSSR count). The number of hydrogen-bond donors (Lipinski definition) is 3. The van der Waals surface area contributed by atoms with Crippen LogP contribution in [0.1, 0.15) is 34.1 Å². The first kappa shape index (κ1) is 12.5. The van der Waals surface area contributed by atoms with E-state index in [2.05, 4.69) is 10.6 Å². The summed E-state index contributed by atoms with van der Waals surface area (Å²) in [5, 5.41) is 15.5. The zero-order valence-corrected chi connectivity index (χ0v) is 10.2. The van der Waals surface area contributed by atoms with Crippen molar-refractivity contribution < 1.29 is 9.90 Å². The summed E-state index contributed by atoms with van der Waals surface area (Å²) in [4.78, 5) is 11.8. The van der Waals surface area contributed by atoms with Gasteiger partial charge in [0.15, 0.2) is 0 Å². The Hall–Kier alpha value is -0.610. The van der Waals surface area contributed by atoms with E-state index in [9.17, 15) is 9.90 Å². The molecule has 4 nitrogen and oxygen atoms in total. The van der Waals surface area contributed by atoms with E-state index in [1.807, 2.05) is 27.7 Å². The molecule has 0 aromatic carbocycles. The van der Waals surface area contributed by atoms with Gasteiger partial charge in [-0.15, -0.1) is 0 Å². The standard InChI is InChI=1S/C11H22N2O2/c1-10(2)7(6-8(10)14)13-9(15)11(3,4)12-5/h7-8,12,14H,6H2,1-5H3,(H,13,15). The van der Waals surface area contributed by atoms with Crippen molar-refractivity contribution in [3.8, 4) is 0 Å². The van der Waals surface area contributed by atoms with E-state index in [4.69, 9.17) is 0 Å². The fourth-order valence-corrected chi connectivity index (χ4v) is 1.60. The maximum absolute atomic E-state index is 11.8. The van der Waals surface area contributed by atoms with Crippen molar-refractivity contribution in [3.05, 3.63) is 0 Å². The summed E-state index contributed by atoms with van der Waals surface area (Å²) in [7, 11) is 1.76. The number of amides is 1. The minimum atomic E-state index is -0.559. The van der Waals surface area contributed by atoms with Crippen LogP contribution < -0.4 is 10.6 Å². The summed E-state index contributed by atoms with van der Waals surface area (Å²) in [6, 6.07) is 0.0765. The van der Waals surface area contributed by atoms with Gasteiger partial charge in [-0.25, -0.2) is 0 Å². The summed E-state index contributed by atoms with van der Waals surface area (Å²) in [5.74, 6) is -0.0185. The molecule has 2 unspecified atom stereocenters. The first-order valence-corrected chi connectivity index (χ1v) is 5.39. The fraction of sp³-hybridized carbons (Fsp3) is 0.909. The van der Waals surface area contributed by atoms with Gasteiger partial charge in [-0.3, -0.25) is 4.79 Å². The maximum atomic E-state index is 11.8. The Balaban J connectivity index is 2.55. The lowest BCUT2D eigenvalue weighted by atomic mass is 9.64. The minimum Gasteiger partial charge on any atom is -0.392 e. The minimum absolute atomic E-state index is 0.0185. The largest absolute Gasteiger partial charge is 0.392 e. The lowest BCUT2D eigenvalue weighted by Gasteiger charge is -2.50. The Morgan fingerprint density at radius 1 is 1.47 bits per heavy atom. The number of aliphatic hydroxyl groups is 1. The van der Waals surface area contributed by atoms with Gasteiger partial charge in [0.25, 0.3) is 0 Å². The molecule has 4 heteroatoms. The topological polar surface area (TPSA) is 61.4 Å². The third kappa shape index (κ3) is 2.16. The van der Waals surface area contributed by atoms with Crippen LogP contribution in [-0.4, -0.2) is 35.7 Å². The average Bonchev–Trinajstić information content (AvgIpc) is 2.17. The lowest BCUT2D eigenvalue weighted by molar-refractivity contribution is -0.134. The number of carbonyl (C=O) groups excluding carboxylic acids is 1. The second kappa shape index (κ2) is 3.76. The Labute approximate surface area is 91.4 Å². The van der Waals surface area contributed by atoms with E-state index in [-0.39, 0.29) is 23.5 Å². The molecule has 0 heterocycles. The lowest BCUT2D eigenvalue weighted by Crippen LogP contribution is -2.64. The number of aliphatic hydroxyl groups excluding tert-OH is 1. The van der Waals surface area contributed by atoms with Gasteiger partial charge in [0.2, 0.25) is 5.91 Å². The molecule has 0 aromatic rings. The Bertz CT molecular complexity index is 261. The Morgan fingerprint density at radius 3 is 2.33 bits per heavy atom. The number of carbonyl (C=O) groups is 1. The van der Waals surface area contributed by atoms with Crippen molar-refractivity contribution in [2.75, 3.05) is 7.05 Å². The van der Waals surface area contributed by atoms with Crippen LogP contribution in [0.25, 0.3) is 0 Å². The van der Waals surface area contributed by atoms with Crippen molar-refractivity contribution in [1.29, 1.82) is 0 Å². The third-order valence-corrected chi connectivity index (χ3v) is 3.71.